The molecule has 2 aromatic rings. The Balaban J connectivity index is 2.98. The van der Waals surface area contributed by atoms with E-state index < -0.39 is 38.6 Å². The van der Waals surface area contributed by atoms with Gasteiger partial charge in [0.2, 0.25) is 0 Å². The fraction of sp³-hybridized carbons (Fsp3) is 0.0909. The monoisotopic (exact) mass is 284 g/mol. The van der Waals surface area contributed by atoms with Gasteiger partial charge in [-0.05, 0) is 12.1 Å². The lowest BCUT2D eigenvalue weighted by Crippen LogP contribution is -2.18. The smallest absolute Gasteiger partial charge is 0.341 e. The number of hydrogen-bond donors (Lipinski definition) is 2. The second-order valence-electron chi connectivity index (χ2n) is 3.74. The molecule has 0 radical (unpaired) electrons. The van der Waals surface area contributed by atoms with Crippen LogP contribution >= 0.6 is 0 Å². The average Bonchev–Trinajstić information content (AvgIpc) is 2.27. The highest BCUT2D eigenvalue weighted by molar-refractivity contribution is 7.86. The Kier molecular flexibility index (Phi) is 3.13. The van der Waals surface area contributed by atoms with Crippen molar-refractivity contribution < 1.29 is 27.3 Å². The van der Waals surface area contributed by atoms with Gasteiger partial charge >= 0.3 is 11.6 Å². The molecule has 1 heterocycles. The van der Waals surface area contributed by atoms with E-state index in [0.717, 1.165) is 0 Å². The maximum atomic E-state index is 11.6. The van der Waals surface area contributed by atoms with Crippen molar-refractivity contribution in [2.24, 2.45) is 0 Å². The van der Waals surface area contributed by atoms with E-state index in [0.29, 0.717) is 0 Å². The number of aliphatic carboxylic acids is 1. The van der Waals surface area contributed by atoms with Crippen LogP contribution in [0.15, 0.2) is 38.4 Å². The standard InChI is InChI=1S/C11H8O7S/c12-9(13)5-7-10(19(15,16)17)6-3-1-2-4-8(6)18-11(7)14/h1-4H,5H2,(H,12,13)(H,15,16,17). The summed E-state index contributed by atoms with van der Waals surface area (Å²) in [5, 5.41) is 8.66. The van der Waals surface area contributed by atoms with Crippen LogP contribution in [0.25, 0.3) is 11.0 Å². The summed E-state index contributed by atoms with van der Waals surface area (Å²) in [6.07, 6.45) is -0.859. The van der Waals surface area contributed by atoms with Crippen LogP contribution in [0.1, 0.15) is 5.56 Å². The van der Waals surface area contributed by atoms with Crippen LogP contribution in [0.4, 0.5) is 0 Å². The lowest BCUT2D eigenvalue weighted by Gasteiger charge is -2.07. The van der Waals surface area contributed by atoms with E-state index in [1.165, 1.54) is 24.3 Å². The Hall–Kier alpha value is -2.19. The molecule has 0 spiro atoms. The summed E-state index contributed by atoms with van der Waals surface area (Å²) in [5.74, 6) is -1.41. The number of para-hydroxylation sites is 1. The molecule has 1 aromatic carbocycles. The highest BCUT2D eigenvalue weighted by Gasteiger charge is 2.25. The summed E-state index contributed by atoms with van der Waals surface area (Å²) in [4.78, 5) is 21.6. The Morgan fingerprint density at radius 1 is 1.26 bits per heavy atom. The first kappa shape index (κ1) is 13.2. The van der Waals surface area contributed by atoms with Gasteiger partial charge in [-0.3, -0.25) is 9.35 Å². The predicted octanol–water partition coefficient (Wildman–Crippen LogP) is 0.667. The number of carboxylic acid groups (broad SMARTS) is 1. The van der Waals surface area contributed by atoms with Gasteiger partial charge in [0.25, 0.3) is 10.1 Å². The van der Waals surface area contributed by atoms with E-state index in [-0.39, 0.29) is 11.0 Å². The van der Waals surface area contributed by atoms with E-state index >= 15 is 0 Å². The molecule has 0 aliphatic heterocycles. The molecule has 0 atom stereocenters. The van der Waals surface area contributed by atoms with Gasteiger partial charge in [0, 0.05) is 5.39 Å². The Labute approximate surface area is 106 Å². The van der Waals surface area contributed by atoms with Gasteiger partial charge in [0.15, 0.2) is 0 Å². The largest absolute Gasteiger partial charge is 0.481 e. The van der Waals surface area contributed by atoms with Gasteiger partial charge in [-0.1, -0.05) is 12.1 Å². The predicted molar refractivity (Wildman–Crippen MR) is 63.6 cm³/mol. The maximum Gasteiger partial charge on any atom is 0.341 e. The third kappa shape index (κ3) is 2.49. The Morgan fingerprint density at radius 2 is 1.89 bits per heavy atom. The third-order valence-corrected chi connectivity index (χ3v) is 3.42. The molecular weight excluding hydrogens is 276 g/mol. The van der Waals surface area contributed by atoms with Crippen LogP contribution in [0.3, 0.4) is 0 Å². The Morgan fingerprint density at radius 3 is 2.47 bits per heavy atom. The van der Waals surface area contributed by atoms with Crippen LogP contribution in [-0.2, 0) is 21.3 Å². The molecular formula is C11H8O7S. The number of carboxylic acids is 1. The fourth-order valence-electron chi connectivity index (χ4n) is 1.76. The topological polar surface area (TPSA) is 122 Å². The molecule has 0 aliphatic carbocycles. The normalized spacial score (nSPS) is 11.6. The number of fused-ring (bicyclic) bond motifs is 1. The minimum atomic E-state index is -4.75. The van der Waals surface area contributed by atoms with Crippen molar-refractivity contribution in [3.8, 4) is 0 Å². The third-order valence-electron chi connectivity index (χ3n) is 2.44. The lowest BCUT2D eigenvalue weighted by molar-refractivity contribution is -0.136. The van der Waals surface area contributed by atoms with Crippen LogP contribution in [0.2, 0.25) is 0 Å². The van der Waals surface area contributed by atoms with Crippen LogP contribution < -0.4 is 5.63 Å². The highest BCUT2D eigenvalue weighted by Crippen LogP contribution is 2.24. The van der Waals surface area contributed by atoms with Gasteiger partial charge in [-0.2, -0.15) is 8.42 Å². The molecule has 0 saturated carbocycles. The molecule has 0 fully saturated rings. The molecule has 0 saturated heterocycles. The molecule has 0 amide bonds. The van der Waals surface area contributed by atoms with Gasteiger partial charge in [-0.15, -0.1) is 0 Å². The highest BCUT2D eigenvalue weighted by atomic mass is 32.2. The second kappa shape index (κ2) is 4.48. The van der Waals surface area contributed by atoms with E-state index in [2.05, 4.69) is 0 Å². The van der Waals surface area contributed by atoms with Crippen LogP contribution in [-0.4, -0.2) is 24.0 Å². The van der Waals surface area contributed by atoms with Gasteiger partial charge < -0.3 is 9.52 Å². The maximum absolute atomic E-state index is 11.6. The molecule has 0 unspecified atom stereocenters. The Bertz CT molecular complexity index is 817. The van der Waals surface area contributed by atoms with Gasteiger partial charge in [0.05, 0.1) is 12.0 Å². The molecule has 1 aromatic heterocycles. The second-order valence-corrected chi connectivity index (χ2v) is 5.10. The number of carbonyl (C=O) groups is 1. The number of hydrogen-bond acceptors (Lipinski definition) is 5. The van der Waals surface area contributed by atoms with E-state index in [4.69, 9.17) is 9.52 Å². The van der Waals surface area contributed by atoms with Crippen molar-refractivity contribution in [1.29, 1.82) is 0 Å². The van der Waals surface area contributed by atoms with E-state index in [1.807, 2.05) is 0 Å². The first-order chi connectivity index (χ1) is 8.80. The number of benzene rings is 1. The quantitative estimate of drug-likeness (QED) is 0.627. The first-order valence-corrected chi connectivity index (χ1v) is 6.48. The average molecular weight is 284 g/mol. The van der Waals surface area contributed by atoms with Crippen molar-refractivity contribution in [2.75, 3.05) is 0 Å². The van der Waals surface area contributed by atoms with Crippen molar-refractivity contribution in [3.05, 3.63) is 40.2 Å². The zero-order valence-electron chi connectivity index (χ0n) is 9.36. The summed E-state index contributed by atoms with van der Waals surface area (Å²) >= 11 is 0. The summed E-state index contributed by atoms with van der Waals surface area (Å²) in [6.45, 7) is 0. The van der Waals surface area contributed by atoms with E-state index in [9.17, 15) is 22.6 Å². The SMILES string of the molecule is O=C(O)Cc1c(S(=O)(=O)O)c2ccccc2oc1=O. The zero-order chi connectivity index (χ0) is 14.2. The lowest BCUT2D eigenvalue weighted by atomic mass is 10.1. The summed E-state index contributed by atoms with van der Waals surface area (Å²) in [6, 6.07) is 5.64. The molecule has 0 bridgehead atoms. The van der Waals surface area contributed by atoms with Crippen LogP contribution in [0, 0.1) is 0 Å². The van der Waals surface area contributed by atoms with Crippen molar-refractivity contribution in [2.45, 2.75) is 11.3 Å². The molecule has 2 N–H and O–H groups in total. The molecule has 7 nitrogen and oxygen atoms in total. The summed E-state index contributed by atoms with van der Waals surface area (Å²) in [5.41, 5.74) is -1.75. The minimum absolute atomic E-state index is 0.0409. The van der Waals surface area contributed by atoms with Crippen molar-refractivity contribution >= 4 is 27.1 Å². The molecule has 100 valence electrons. The first-order valence-electron chi connectivity index (χ1n) is 5.04. The zero-order valence-corrected chi connectivity index (χ0v) is 10.2. The summed E-state index contributed by atoms with van der Waals surface area (Å²) < 4.78 is 36.8. The van der Waals surface area contributed by atoms with Crippen molar-refractivity contribution in [1.82, 2.24) is 0 Å². The molecule has 2 rings (SSSR count). The van der Waals surface area contributed by atoms with E-state index in [1.54, 1.807) is 0 Å². The molecule has 8 heteroatoms. The fourth-order valence-corrected chi connectivity index (χ4v) is 2.67. The van der Waals surface area contributed by atoms with Gasteiger partial charge in [0.1, 0.15) is 10.5 Å². The number of rotatable bonds is 3. The minimum Gasteiger partial charge on any atom is -0.481 e. The molecule has 19 heavy (non-hydrogen) atoms. The van der Waals surface area contributed by atoms with Gasteiger partial charge in [-0.25, -0.2) is 4.79 Å². The van der Waals surface area contributed by atoms with Crippen molar-refractivity contribution in [3.63, 3.8) is 0 Å². The van der Waals surface area contributed by atoms with Crippen LogP contribution in [0.5, 0.6) is 0 Å². The molecule has 0 aliphatic rings. The summed E-state index contributed by atoms with van der Waals surface area (Å²) in [7, 11) is -4.75.